The molecule has 0 aliphatic carbocycles. The molecule has 1 aromatic heterocycles. The first-order valence-electron chi connectivity index (χ1n) is 7.89. The standard InChI is InChI=1S/C15H24N2O3S/c1-13-6-4-9-16(12-13)21(18,19)17-10-3-2-7-14(17)15-8-5-11-20-15/h5,8,11,13-14H,2-4,6-7,9-10,12H2,1H3/t13-,14+/m0/s1. The Morgan fingerprint density at radius 2 is 2.05 bits per heavy atom. The van der Waals surface area contributed by atoms with Gasteiger partial charge >= 0.3 is 0 Å². The minimum Gasteiger partial charge on any atom is -0.468 e. The van der Waals surface area contributed by atoms with E-state index in [9.17, 15) is 8.42 Å². The summed E-state index contributed by atoms with van der Waals surface area (Å²) in [6, 6.07) is 3.57. The minimum absolute atomic E-state index is 0.143. The summed E-state index contributed by atoms with van der Waals surface area (Å²) >= 11 is 0. The van der Waals surface area contributed by atoms with Crippen LogP contribution < -0.4 is 0 Å². The highest BCUT2D eigenvalue weighted by molar-refractivity contribution is 7.86. The van der Waals surface area contributed by atoms with Crippen molar-refractivity contribution in [1.82, 2.24) is 8.61 Å². The monoisotopic (exact) mass is 312 g/mol. The van der Waals surface area contributed by atoms with Gasteiger partial charge in [-0.05, 0) is 43.7 Å². The zero-order valence-corrected chi connectivity index (χ0v) is 13.4. The summed E-state index contributed by atoms with van der Waals surface area (Å²) in [5.74, 6) is 1.21. The molecular formula is C15H24N2O3S. The summed E-state index contributed by atoms with van der Waals surface area (Å²) in [5, 5.41) is 0. The van der Waals surface area contributed by atoms with E-state index in [0.717, 1.165) is 37.9 Å². The van der Waals surface area contributed by atoms with Crippen molar-refractivity contribution in [2.24, 2.45) is 5.92 Å². The number of nitrogens with zero attached hydrogens (tertiary/aromatic N) is 2. The summed E-state index contributed by atoms with van der Waals surface area (Å²) in [6.45, 7) is 4.01. The Labute approximate surface area is 127 Å². The maximum Gasteiger partial charge on any atom is 0.282 e. The molecule has 3 rings (SSSR count). The Morgan fingerprint density at radius 3 is 2.76 bits per heavy atom. The summed E-state index contributed by atoms with van der Waals surface area (Å²) < 4.78 is 34.8. The van der Waals surface area contributed by atoms with E-state index in [1.807, 2.05) is 12.1 Å². The second-order valence-electron chi connectivity index (χ2n) is 6.25. The third-order valence-electron chi connectivity index (χ3n) is 4.57. The highest BCUT2D eigenvalue weighted by Gasteiger charge is 2.39. The fraction of sp³-hybridized carbons (Fsp3) is 0.733. The van der Waals surface area contributed by atoms with Crippen LogP contribution in [0.5, 0.6) is 0 Å². The predicted molar refractivity (Wildman–Crippen MR) is 80.9 cm³/mol. The van der Waals surface area contributed by atoms with Crippen LogP contribution in [0.4, 0.5) is 0 Å². The van der Waals surface area contributed by atoms with Crippen LogP contribution in [0.2, 0.25) is 0 Å². The molecule has 2 aliphatic rings. The number of piperidine rings is 2. The van der Waals surface area contributed by atoms with Gasteiger partial charge in [0.1, 0.15) is 5.76 Å². The van der Waals surface area contributed by atoms with Gasteiger partial charge in [0.05, 0.1) is 12.3 Å². The molecule has 0 saturated carbocycles. The van der Waals surface area contributed by atoms with Crippen molar-refractivity contribution in [1.29, 1.82) is 0 Å². The average Bonchev–Trinajstić information content (AvgIpc) is 3.01. The molecule has 0 amide bonds. The Morgan fingerprint density at radius 1 is 1.19 bits per heavy atom. The van der Waals surface area contributed by atoms with Crippen molar-refractivity contribution in [3.8, 4) is 0 Å². The molecule has 0 radical (unpaired) electrons. The molecule has 2 saturated heterocycles. The Balaban J connectivity index is 1.85. The van der Waals surface area contributed by atoms with Crippen LogP contribution in [0.25, 0.3) is 0 Å². The molecule has 118 valence electrons. The maximum absolute atomic E-state index is 13.0. The molecule has 1 aromatic rings. The van der Waals surface area contributed by atoms with E-state index < -0.39 is 10.2 Å². The van der Waals surface area contributed by atoms with Crippen molar-refractivity contribution in [2.45, 2.75) is 45.1 Å². The summed E-state index contributed by atoms with van der Waals surface area (Å²) in [7, 11) is -3.39. The van der Waals surface area contributed by atoms with E-state index in [1.54, 1.807) is 14.9 Å². The summed E-state index contributed by atoms with van der Waals surface area (Å²) in [5.41, 5.74) is 0. The first kappa shape index (κ1) is 15.1. The second kappa shape index (κ2) is 6.10. The molecule has 0 N–H and O–H groups in total. The van der Waals surface area contributed by atoms with Gasteiger partial charge in [-0.3, -0.25) is 0 Å². The summed E-state index contributed by atoms with van der Waals surface area (Å²) in [6.07, 6.45) is 6.52. The molecule has 0 spiro atoms. The van der Waals surface area contributed by atoms with Crippen molar-refractivity contribution >= 4 is 10.2 Å². The number of hydrogen-bond donors (Lipinski definition) is 0. The van der Waals surface area contributed by atoms with E-state index in [2.05, 4.69) is 6.92 Å². The topological polar surface area (TPSA) is 53.8 Å². The third kappa shape index (κ3) is 3.03. The lowest BCUT2D eigenvalue weighted by atomic mass is 10.0. The molecule has 0 aromatic carbocycles. The zero-order valence-electron chi connectivity index (χ0n) is 12.6. The van der Waals surface area contributed by atoms with Crippen LogP contribution in [-0.2, 0) is 10.2 Å². The molecule has 2 fully saturated rings. The van der Waals surface area contributed by atoms with Crippen LogP contribution in [0.1, 0.15) is 50.8 Å². The molecule has 5 nitrogen and oxygen atoms in total. The van der Waals surface area contributed by atoms with E-state index in [4.69, 9.17) is 4.42 Å². The lowest BCUT2D eigenvalue weighted by Gasteiger charge is -2.39. The third-order valence-corrected chi connectivity index (χ3v) is 6.58. The second-order valence-corrected chi connectivity index (χ2v) is 8.13. The van der Waals surface area contributed by atoms with Gasteiger partial charge in [-0.15, -0.1) is 0 Å². The van der Waals surface area contributed by atoms with Crippen LogP contribution >= 0.6 is 0 Å². The zero-order chi connectivity index (χ0) is 14.9. The average molecular weight is 312 g/mol. The Hall–Kier alpha value is -0.850. The first-order valence-corrected chi connectivity index (χ1v) is 9.29. The lowest BCUT2D eigenvalue weighted by Crippen LogP contribution is -2.50. The summed E-state index contributed by atoms with van der Waals surface area (Å²) in [4.78, 5) is 0. The van der Waals surface area contributed by atoms with Gasteiger partial charge in [-0.25, -0.2) is 0 Å². The van der Waals surface area contributed by atoms with Gasteiger partial charge in [0.2, 0.25) is 0 Å². The van der Waals surface area contributed by atoms with Crippen LogP contribution in [0.3, 0.4) is 0 Å². The fourth-order valence-corrected chi connectivity index (χ4v) is 5.44. The Bertz CT molecular complexity index is 555. The van der Waals surface area contributed by atoms with Gasteiger partial charge < -0.3 is 4.42 Å². The van der Waals surface area contributed by atoms with E-state index in [0.29, 0.717) is 25.6 Å². The molecule has 0 unspecified atom stereocenters. The smallest absolute Gasteiger partial charge is 0.282 e. The quantitative estimate of drug-likeness (QED) is 0.862. The van der Waals surface area contributed by atoms with Crippen molar-refractivity contribution in [2.75, 3.05) is 19.6 Å². The minimum atomic E-state index is -3.39. The SMILES string of the molecule is C[C@H]1CCCN(S(=O)(=O)N2CCCC[C@@H]2c2ccco2)C1. The predicted octanol–water partition coefficient (Wildman–Crippen LogP) is 2.78. The highest BCUT2D eigenvalue weighted by Crippen LogP contribution is 2.35. The van der Waals surface area contributed by atoms with Crippen LogP contribution in [0, 0.1) is 5.92 Å². The molecule has 2 aliphatic heterocycles. The van der Waals surface area contributed by atoms with Crippen molar-refractivity contribution in [3.63, 3.8) is 0 Å². The maximum atomic E-state index is 13.0. The number of rotatable bonds is 3. The van der Waals surface area contributed by atoms with Gasteiger partial charge in [0, 0.05) is 19.6 Å². The Kier molecular flexibility index (Phi) is 4.38. The van der Waals surface area contributed by atoms with E-state index in [-0.39, 0.29) is 6.04 Å². The van der Waals surface area contributed by atoms with E-state index >= 15 is 0 Å². The molecule has 2 atom stereocenters. The van der Waals surface area contributed by atoms with Gasteiger partial charge in [0.15, 0.2) is 0 Å². The van der Waals surface area contributed by atoms with E-state index in [1.165, 1.54) is 0 Å². The molecule has 0 bridgehead atoms. The van der Waals surface area contributed by atoms with Crippen molar-refractivity contribution in [3.05, 3.63) is 24.2 Å². The molecular weight excluding hydrogens is 288 g/mol. The van der Waals surface area contributed by atoms with Gasteiger partial charge in [-0.2, -0.15) is 17.0 Å². The molecule has 3 heterocycles. The van der Waals surface area contributed by atoms with Crippen LogP contribution in [0.15, 0.2) is 22.8 Å². The largest absolute Gasteiger partial charge is 0.468 e. The van der Waals surface area contributed by atoms with Crippen LogP contribution in [-0.4, -0.2) is 36.7 Å². The fourth-order valence-electron chi connectivity index (χ4n) is 3.45. The number of furan rings is 1. The molecule has 21 heavy (non-hydrogen) atoms. The van der Waals surface area contributed by atoms with Crippen molar-refractivity contribution < 1.29 is 12.8 Å². The normalized spacial score (nSPS) is 29.6. The highest BCUT2D eigenvalue weighted by atomic mass is 32.2. The lowest BCUT2D eigenvalue weighted by molar-refractivity contribution is 0.194. The van der Waals surface area contributed by atoms with Gasteiger partial charge in [-0.1, -0.05) is 13.3 Å². The number of hydrogen-bond acceptors (Lipinski definition) is 3. The first-order chi connectivity index (χ1) is 10.1. The van der Waals surface area contributed by atoms with Gasteiger partial charge in [0.25, 0.3) is 10.2 Å². The molecule has 6 heteroatoms.